The van der Waals surface area contributed by atoms with Crippen molar-refractivity contribution in [1.29, 1.82) is 0 Å². The first-order valence-corrected chi connectivity index (χ1v) is 6.78. The van der Waals surface area contributed by atoms with Crippen LogP contribution in [0.2, 0.25) is 0 Å². The van der Waals surface area contributed by atoms with Crippen LogP contribution in [0.1, 0.15) is 21.5 Å². The van der Waals surface area contributed by atoms with E-state index in [1.54, 1.807) is 6.08 Å². The SMILES string of the molecule is Cc1ccc(C(=O)/C=C/c2ccccc2I)cc1. The van der Waals surface area contributed by atoms with Crippen molar-refractivity contribution in [1.82, 2.24) is 0 Å². The van der Waals surface area contributed by atoms with Gasteiger partial charge in [0.25, 0.3) is 0 Å². The summed E-state index contributed by atoms with van der Waals surface area (Å²) in [5.41, 5.74) is 2.95. The smallest absolute Gasteiger partial charge is 0.185 e. The van der Waals surface area contributed by atoms with Crippen LogP contribution in [-0.2, 0) is 0 Å². The van der Waals surface area contributed by atoms with E-state index >= 15 is 0 Å². The van der Waals surface area contributed by atoms with Gasteiger partial charge in [0.1, 0.15) is 0 Å². The Kier molecular flexibility index (Phi) is 4.31. The average Bonchev–Trinajstić information content (AvgIpc) is 2.38. The van der Waals surface area contributed by atoms with Gasteiger partial charge in [-0.15, -0.1) is 0 Å². The van der Waals surface area contributed by atoms with Crippen LogP contribution >= 0.6 is 22.6 Å². The molecule has 0 aliphatic carbocycles. The molecular weight excluding hydrogens is 335 g/mol. The summed E-state index contributed by atoms with van der Waals surface area (Å²) in [6.45, 7) is 2.01. The van der Waals surface area contributed by atoms with Crippen molar-refractivity contribution in [2.45, 2.75) is 6.92 Å². The standard InChI is InChI=1S/C16H13IO/c1-12-6-8-14(9-7-12)16(18)11-10-13-4-2-3-5-15(13)17/h2-11H,1H3/b11-10+. The van der Waals surface area contributed by atoms with Crippen molar-refractivity contribution < 1.29 is 4.79 Å². The number of ketones is 1. The highest BCUT2D eigenvalue weighted by molar-refractivity contribution is 14.1. The van der Waals surface area contributed by atoms with Crippen molar-refractivity contribution >= 4 is 34.5 Å². The van der Waals surface area contributed by atoms with E-state index in [-0.39, 0.29) is 5.78 Å². The lowest BCUT2D eigenvalue weighted by Crippen LogP contribution is -1.93. The molecule has 18 heavy (non-hydrogen) atoms. The molecule has 0 unspecified atom stereocenters. The lowest BCUT2D eigenvalue weighted by atomic mass is 10.1. The third-order valence-electron chi connectivity index (χ3n) is 2.66. The molecule has 2 aromatic carbocycles. The maximum Gasteiger partial charge on any atom is 0.185 e. The molecule has 0 aliphatic heterocycles. The molecule has 90 valence electrons. The number of hydrogen-bond donors (Lipinski definition) is 0. The monoisotopic (exact) mass is 348 g/mol. The van der Waals surface area contributed by atoms with E-state index in [2.05, 4.69) is 22.6 Å². The maximum atomic E-state index is 12.0. The van der Waals surface area contributed by atoms with Crippen LogP contribution in [0.5, 0.6) is 0 Å². The molecule has 1 nitrogen and oxygen atoms in total. The predicted molar refractivity (Wildman–Crippen MR) is 83.7 cm³/mol. The molecule has 0 spiro atoms. The maximum absolute atomic E-state index is 12.0. The van der Waals surface area contributed by atoms with Gasteiger partial charge >= 0.3 is 0 Å². The van der Waals surface area contributed by atoms with E-state index in [0.717, 1.165) is 20.3 Å². The minimum Gasteiger partial charge on any atom is -0.289 e. The van der Waals surface area contributed by atoms with Gasteiger partial charge in [0.2, 0.25) is 0 Å². The number of rotatable bonds is 3. The zero-order valence-corrected chi connectivity index (χ0v) is 12.2. The Morgan fingerprint density at radius 1 is 1.06 bits per heavy atom. The highest BCUT2D eigenvalue weighted by Crippen LogP contribution is 2.13. The van der Waals surface area contributed by atoms with Gasteiger partial charge < -0.3 is 0 Å². The van der Waals surface area contributed by atoms with Crippen molar-refractivity contribution in [3.63, 3.8) is 0 Å². The number of hydrogen-bond acceptors (Lipinski definition) is 1. The topological polar surface area (TPSA) is 17.1 Å². The van der Waals surface area contributed by atoms with Crippen LogP contribution in [-0.4, -0.2) is 5.78 Å². The quantitative estimate of drug-likeness (QED) is 0.454. The molecule has 2 heteroatoms. The Balaban J connectivity index is 2.17. The van der Waals surface area contributed by atoms with E-state index in [1.807, 2.05) is 61.5 Å². The Labute approximate surface area is 121 Å². The number of allylic oxidation sites excluding steroid dienone is 1. The molecule has 0 atom stereocenters. The van der Waals surface area contributed by atoms with Crippen LogP contribution < -0.4 is 0 Å². The first-order valence-electron chi connectivity index (χ1n) is 5.70. The molecule has 0 aromatic heterocycles. The molecule has 0 radical (unpaired) electrons. The second kappa shape index (κ2) is 5.96. The zero-order valence-electron chi connectivity index (χ0n) is 10.1. The molecule has 0 saturated heterocycles. The summed E-state index contributed by atoms with van der Waals surface area (Å²) < 4.78 is 1.14. The Morgan fingerprint density at radius 2 is 1.72 bits per heavy atom. The number of benzene rings is 2. The van der Waals surface area contributed by atoms with Gasteiger partial charge in [-0.25, -0.2) is 0 Å². The lowest BCUT2D eigenvalue weighted by molar-refractivity contribution is 0.104. The van der Waals surface area contributed by atoms with Gasteiger partial charge in [0, 0.05) is 9.13 Å². The minimum absolute atomic E-state index is 0.0367. The summed E-state index contributed by atoms with van der Waals surface area (Å²) in [6, 6.07) is 15.6. The number of carbonyl (C=O) groups excluding carboxylic acids is 1. The molecule has 0 heterocycles. The molecule has 0 fully saturated rings. The highest BCUT2D eigenvalue weighted by atomic mass is 127. The molecule has 0 saturated carbocycles. The number of halogens is 1. The van der Waals surface area contributed by atoms with Crippen LogP contribution in [0.15, 0.2) is 54.6 Å². The molecule has 0 aliphatic rings. The first-order chi connectivity index (χ1) is 8.66. The summed E-state index contributed by atoms with van der Waals surface area (Å²) in [5, 5.41) is 0. The van der Waals surface area contributed by atoms with E-state index in [4.69, 9.17) is 0 Å². The zero-order chi connectivity index (χ0) is 13.0. The number of carbonyl (C=O) groups is 1. The van der Waals surface area contributed by atoms with Gasteiger partial charge in [0.15, 0.2) is 5.78 Å². The Bertz CT molecular complexity index is 582. The number of aryl methyl sites for hydroxylation is 1. The fraction of sp³-hybridized carbons (Fsp3) is 0.0625. The molecule has 0 bridgehead atoms. The molecular formula is C16H13IO. The summed E-state index contributed by atoms with van der Waals surface area (Å²) >= 11 is 2.26. The third-order valence-corrected chi connectivity index (χ3v) is 3.64. The van der Waals surface area contributed by atoms with Crippen LogP contribution in [0, 0.1) is 10.5 Å². The summed E-state index contributed by atoms with van der Waals surface area (Å²) in [5.74, 6) is 0.0367. The Morgan fingerprint density at radius 3 is 2.39 bits per heavy atom. The van der Waals surface area contributed by atoms with Gasteiger partial charge in [-0.3, -0.25) is 4.79 Å². The Hall–Kier alpha value is -1.42. The van der Waals surface area contributed by atoms with E-state index in [0.29, 0.717) is 0 Å². The van der Waals surface area contributed by atoms with Crippen LogP contribution in [0.25, 0.3) is 6.08 Å². The second-order valence-corrected chi connectivity index (χ2v) is 5.25. The normalized spacial score (nSPS) is 10.8. The van der Waals surface area contributed by atoms with Crippen molar-refractivity contribution in [3.8, 4) is 0 Å². The summed E-state index contributed by atoms with van der Waals surface area (Å²) in [7, 11) is 0. The lowest BCUT2D eigenvalue weighted by Gasteiger charge is -1.98. The fourth-order valence-corrected chi connectivity index (χ4v) is 2.16. The van der Waals surface area contributed by atoms with E-state index in [1.165, 1.54) is 0 Å². The van der Waals surface area contributed by atoms with Crippen LogP contribution in [0.3, 0.4) is 0 Å². The molecule has 2 aromatic rings. The minimum atomic E-state index is 0.0367. The highest BCUT2D eigenvalue weighted by Gasteiger charge is 2.01. The van der Waals surface area contributed by atoms with Gasteiger partial charge in [-0.1, -0.05) is 54.1 Å². The van der Waals surface area contributed by atoms with Gasteiger partial charge in [-0.05, 0) is 47.2 Å². The molecule has 0 N–H and O–H groups in total. The van der Waals surface area contributed by atoms with E-state index < -0.39 is 0 Å². The summed E-state index contributed by atoms with van der Waals surface area (Å²) in [6.07, 6.45) is 3.49. The van der Waals surface area contributed by atoms with Gasteiger partial charge in [-0.2, -0.15) is 0 Å². The van der Waals surface area contributed by atoms with Crippen LogP contribution in [0.4, 0.5) is 0 Å². The third kappa shape index (κ3) is 3.29. The average molecular weight is 348 g/mol. The van der Waals surface area contributed by atoms with Crippen molar-refractivity contribution in [3.05, 3.63) is 74.9 Å². The van der Waals surface area contributed by atoms with Gasteiger partial charge in [0.05, 0.1) is 0 Å². The molecule has 0 amide bonds. The van der Waals surface area contributed by atoms with Crippen molar-refractivity contribution in [2.75, 3.05) is 0 Å². The fourth-order valence-electron chi connectivity index (χ4n) is 1.59. The first kappa shape index (κ1) is 13.0. The van der Waals surface area contributed by atoms with E-state index in [9.17, 15) is 4.79 Å². The summed E-state index contributed by atoms with van der Waals surface area (Å²) in [4.78, 5) is 12.0. The van der Waals surface area contributed by atoms with Crippen molar-refractivity contribution in [2.24, 2.45) is 0 Å². The second-order valence-electron chi connectivity index (χ2n) is 4.09. The largest absolute Gasteiger partial charge is 0.289 e. The molecule has 2 rings (SSSR count). The predicted octanol–water partition coefficient (Wildman–Crippen LogP) is 4.50.